The Morgan fingerprint density at radius 1 is 1.10 bits per heavy atom. The lowest BCUT2D eigenvalue weighted by atomic mass is 9.64. The highest BCUT2D eigenvalue weighted by Crippen LogP contribution is 2.47. The number of hydrogen-bond acceptors (Lipinski definition) is 4. The molecule has 2 aromatic carbocycles. The second-order valence-corrected chi connectivity index (χ2v) is 9.08. The fourth-order valence-corrected chi connectivity index (χ4v) is 4.62. The van der Waals surface area contributed by atoms with Crippen LogP contribution in [0.4, 0.5) is 5.69 Å². The Hall–Kier alpha value is -1.95. The zero-order valence-corrected chi connectivity index (χ0v) is 18.8. The minimum Gasteiger partial charge on any atom is -0.389 e. The van der Waals surface area contributed by atoms with Crippen molar-refractivity contribution in [2.24, 2.45) is 5.92 Å². The van der Waals surface area contributed by atoms with E-state index in [1.54, 1.807) is 19.1 Å². The number of aliphatic hydroxyl groups is 1. The van der Waals surface area contributed by atoms with Gasteiger partial charge in [-0.05, 0) is 62.7 Å². The smallest absolute Gasteiger partial charge is 0.158 e. The van der Waals surface area contributed by atoms with E-state index in [9.17, 15) is 14.7 Å². The lowest BCUT2D eigenvalue weighted by molar-refractivity contribution is -0.131. The number of carbonyl (C=O) groups is 2. The SMILES string of the molecule is CC(=O)C1=C(Nc2ccc(Br)cc2)CC(C)(O)C(C(C)=O)C1c1ccc(Cl)cc1. The average Bonchev–Trinajstić information content (AvgIpc) is 2.62. The quantitative estimate of drug-likeness (QED) is 0.598. The number of nitrogens with one attached hydrogen (secondary N) is 1. The summed E-state index contributed by atoms with van der Waals surface area (Å²) in [6.45, 7) is 4.62. The van der Waals surface area contributed by atoms with E-state index in [0.717, 1.165) is 15.7 Å². The van der Waals surface area contributed by atoms with Crippen molar-refractivity contribution in [1.82, 2.24) is 0 Å². The maximum Gasteiger partial charge on any atom is 0.158 e. The van der Waals surface area contributed by atoms with Crippen LogP contribution in [0.25, 0.3) is 0 Å². The topological polar surface area (TPSA) is 66.4 Å². The molecule has 0 fully saturated rings. The third-order valence-corrected chi connectivity index (χ3v) is 6.14. The molecule has 2 aromatic rings. The van der Waals surface area contributed by atoms with Gasteiger partial charge in [-0.2, -0.15) is 0 Å². The summed E-state index contributed by atoms with van der Waals surface area (Å²) in [6, 6.07) is 14.7. The van der Waals surface area contributed by atoms with Gasteiger partial charge in [0.05, 0.1) is 11.5 Å². The summed E-state index contributed by atoms with van der Waals surface area (Å²) in [6.07, 6.45) is 0.173. The number of carbonyl (C=O) groups excluding carboxylic acids is 2. The summed E-state index contributed by atoms with van der Waals surface area (Å²) in [4.78, 5) is 25.3. The van der Waals surface area contributed by atoms with Gasteiger partial charge in [-0.25, -0.2) is 0 Å². The van der Waals surface area contributed by atoms with Gasteiger partial charge in [0.25, 0.3) is 0 Å². The lowest BCUT2D eigenvalue weighted by Gasteiger charge is -2.43. The minimum absolute atomic E-state index is 0.133. The molecule has 0 bridgehead atoms. The molecule has 1 aliphatic rings. The molecule has 4 nitrogen and oxygen atoms in total. The highest BCUT2D eigenvalue weighted by Gasteiger charge is 2.49. The molecule has 0 heterocycles. The number of halogens is 2. The van der Waals surface area contributed by atoms with Crippen molar-refractivity contribution < 1.29 is 14.7 Å². The Morgan fingerprint density at radius 3 is 2.21 bits per heavy atom. The molecule has 3 rings (SSSR count). The summed E-state index contributed by atoms with van der Waals surface area (Å²) >= 11 is 9.45. The van der Waals surface area contributed by atoms with Crippen LogP contribution in [-0.4, -0.2) is 22.3 Å². The molecule has 152 valence electrons. The van der Waals surface area contributed by atoms with Crippen LogP contribution in [0.1, 0.15) is 38.7 Å². The van der Waals surface area contributed by atoms with Crippen molar-refractivity contribution in [1.29, 1.82) is 0 Å². The van der Waals surface area contributed by atoms with E-state index in [1.165, 1.54) is 13.8 Å². The normalized spacial score (nSPS) is 24.3. The molecule has 3 atom stereocenters. The van der Waals surface area contributed by atoms with Gasteiger partial charge in [0.1, 0.15) is 5.78 Å². The van der Waals surface area contributed by atoms with Gasteiger partial charge in [0.15, 0.2) is 5.78 Å². The molecule has 1 aliphatic carbocycles. The molecule has 0 aromatic heterocycles. The number of ketones is 2. The molecule has 0 amide bonds. The van der Waals surface area contributed by atoms with E-state index < -0.39 is 17.4 Å². The molecular weight excluding hydrogens is 454 g/mol. The fourth-order valence-electron chi connectivity index (χ4n) is 4.23. The third-order valence-electron chi connectivity index (χ3n) is 5.36. The zero-order chi connectivity index (χ0) is 21.3. The average molecular weight is 477 g/mol. The largest absolute Gasteiger partial charge is 0.389 e. The molecule has 2 N–H and O–H groups in total. The number of hydrogen-bond donors (Lipinski definition) is 2. The van der Waals surface area contributed by atoms with Gasteiger partial charge in [-0.1, -0.05) is 39.7 Å². The van der Waals surface area contributed by atoms with E-state index in [0.29, 0.717) is 16.3 Å². The second kappa shape index (κ2) is 8.42. The number of allylic oxidation sites excluding steroid dienone is 1. The minimum atomic E-state index is -1.31. The first-order chi connectivity index (χ1) is 13.6. The Kier molecular flexibility index (Phi) is 6.32. The van der Waals surface area contributed by atoms with Gasteiger partial charge in [-0.3, -0.25) is 9.59 Å². The van der Waals surface area contributed by atoms with Crippen LogP contribution < -0.4 is 5.32 Å². The highest BCUT2D eigenvalue weighted by atomic mass is 79.9. The maximum atomic E-state index is 12.8. The molecule has 0 aliphatic heterocycles. The first-order valence-electron chi connectivity index (χ1n) is 9.35. The maximum absolute atomic E-state index is 12.8. The number of rotatable bonds is 5. The zero-order valence-electron chi connectivity index (χ0n) is 16.5. The van der Waals surface area contributed by atoms with Gasteiger partial charge < -0.3 is 10.4 Å². The molecule has 0 saturated heterocycles. The summed E-state index contributed by atoms with van der Waals surface area (Å²) in [5.41, 5.74) is 1.40. The van der Waals surface area contributed by atoms with Crippen molar-refractivity contribution in [3.8, 4) is 0 Å². The van der Waals surface area contributed by atoms with Gasteiger partial charge in [0.2, 0.25) is 0 Å². The van der Waals surface area contributed by atoms with Crippen LogP contribution >= 0.6 is 27.5 Å². The van der Waals surface area contributed by atoms with Gasteiger partial charge in [0, 0.05) is 38.8 Å². The Balaban J connectivity index is 2.19. The van der Waals surface area contributed by atoms with E-state index in [4.69, 9.17) is 11.6 Å². The molecule has 0 radical (unpaired) electrons. The van der Waals surface area contributed by atoms with E-state index in [2.05, 4.69) is 21.2 Å². The fraction of sp³-hybridized carbons (Fsp3) is 0.304. The molecule has 3 unspecified atom stereocenters. The van der Waals surface area contributed by atoms with Crippen LogP contribution in [-0.2, 0) is 9.59 Å². The monoisotopic (exact) mass is 475 g/mol. The Bertz CT molecular complexity index is 965. The van der Waals surface area contributed by atoms with E-state index in [-0.39, 0.29) is 18.0 Å². The Labute approximate surface area is 184 Å². The van der Waals surface area contributed by atoms with Crippen LogP contribution in [0, 0.1) is 5.92 Å². The van der Waals surface area contributed by atoms with Crippen LogP contribution in [0.2, 0.25) is 5.02 Å². The molecule has 6 heteroatoms. The van der Waals surface area contributed by atoms with Crippen molar-refractivity contribution in [3.63, 3.8) is 0 Å². The number of benzene rings is 2. The molecule has 0 spiro atoms. The van der Waals surface area contributed by atoms with Crippen LogP contribution in [0.15, 0.2) is 64.3 Å². The number of Topliss-reactive ketones (excluding diaryl/α,β-unsaturated/α-hetero) is 2. The van der Waals surface area contributed by atoms with Crippen molar-refractivity contribution in [2.75, 3.05) is 5.32 Å². The van der Waals surface area contributed by atoms with Crippen LogP contribution in [0.3, 0.4) is 0 Å². The third kappa shape index (κ3) is 4.63. The van der Waals surface area contributed by atoms with E-state index >= 15 is 0 Å². The van der Waals surface area contributed by atoms with Gasteiger partial charge in [-0.15, -0.1) is 0 Å². The lowest BCUT2D eigenvalue weighted by Crippen LogP contribution is -2.48. The second-order valence-electron chi connectivity index (χ2n) is 7.73. The van der Waals surface area contributed by atoms with Crippen molar-refractivity contribution in [2.45, 2.75) is 38.7 Å². The van der Waals surface area contributed by atoms with Crippen LogP contribution in [0.5, 0.6) is 0 Å². The Morgan fingerprint density at radius 2 is 1.69 bits per heavy atom. The van der Waals surface area contributed by atoms with Crippen molar-refractivity contribution in [3.05, 3.63) is 74.9 Å². The summed E-state index contributed by atoms with van der Waals surface area (Å²) in [5.74, 6) is -1.59. The molecule has 0 saturated carbocycles. The first kappa shape index (κ1) is 21.8. The number of anilines is 1. The predicted octanol–water partition coefficient (Wildman–Crippen LogP) is 5.50. The summed E-state index contributed by atoms with van der Waals surface area (Å²) < 4.78 is 0.940. The first-order valence-corrected chi connectivity index (χ1v) is 10.5. The standard InChI is InChI=1S/C23H23BrClNO3/c1-13(27)20-19(26-18-10-6-16(24)7-11-18)12-23(3,29)22(14(2)28)21(20)15-4-8-17(25)9-5-15/h4-11,21-22,26,29H,12H2,1-3H3. The van der Waals surface area contributed by atoms with Gasteiger partial charge >= 0.3 is 0 Å². The van der Waals surface area contributed by atoms with Crippen molar-refractivity contribution >= 4 is 44.8 Å². The highest BCUT2D eigenvalue weighted by molar-refractivity contribution is 9.10. The van der Waals surface area contributed by atoms with E-state index in [1.807, 2.05) is 36.4 Å². The summed E-state index contributed by atoms with van der Waals surface area (Å²) in [7, 11) is 0. The molecule has 29 heavy (non-hydrogen) atoms. The summed E-state index contributed by atoms with van der Waals surface area (Å²) in [5, 5.41) is 15.1. The predicted molar refractivity (Wildman–Crippen MR) is 119 cm³/mol. The molecular formula is C23H23BrClNO3.